The molecule has 10 heteroatoms. The maximum atomic E-state index is 13.5. The van der Waals surface area contributed by atoms with Crippen molar-refractivity contribution in [3.63, 3.8) is 0 Å². The van der Waals surface area contributed by atoms with Crippen LogP contribution in [0.5, 0.6) is 5.75 Å². The highest BCUT2D eigenvalue weighted by molar-refractivity contribution is 7.99. The summed E-state index contributed by atoms with van der Waals surface area (Å²) in [7, 11) is 1.47. The summed E-state index contributed by atoms with van der Waals surface area (Å²) < 4.78 is 12.4. The minimum absolute atomic E-state index is 0.131. The van der Waals surface area contributed by atoms with E-state index in [0.717, 1.165) is 17.1 Å². The molecule has 2 aliphatic heterocycles. The number of hydrogen-bond acceptors (Lipinski definition) is 7. The normalized spacial score (nSPS) is 15.9. The lowest BCUT2D eigenvalue weighted by Gasteiger charge is -2.28. The van der Waals surface area contributed by atoms with E-state index in [1.807, 2.05) is 47.0 Å². The highest BCUT2D eigenvalue weighted by Crippen LogP contribution is 2.26. The number of thioether (sulfide) groups is 1. The summed E-state index contributed by atoms with van der Waals surface area (Å²) in [5, 5.41) is 4.05. The Kier molecular flexibility index (Phi) is 6.63. The Morgan fingerprint density at radius 3 is 2.46 bits per heavy atom. The zero-order valence-corrected chi connectivity index (χ0v) is 20.3. The van der Waals surface area contributed by atoms with Crippen molar-refractivity contribution >= 4 is 23.6 Å². The second-order valence-corrected chi connectivity index (χ2v) is 9.64. The molecule has 2 aromatic heterocycles. The molecule has 2 amide bonds. The lowest BCUT2D eigenvalue weighted by atomic mass is 10.1. The summed E-state index contributed by atoms with van der Waals surface area (Å²) in [5.41, 5.74) is 2.22. The van der Waals surface area contributed by atoms with E-state index in [-0.39, 0.29) is 35.4 Å². The van der Waals surface area contributed by atoms with Crippen molar-refractivity contribution in [3.05, 3.63) is 69.8 Å². The molecule has 0 spiro atoms. The number of benzene rings is 1. The van der Waals surface area contributed by atoms with Gasteiger partial charge in [0.15, 0.2) is 0 Å². The number of hydrogen-bond donors (Lipinski definition) is 0. The van der Waals surface area contributed by atoms with E-state index in [2.05, 4.69) is 5.16 Å². The Morgan fingerprint density at radius 1 is 0.971 bits per heavy atom. The van der Waals surface area contributed by atoms with Crippen molar-refractivity contribution in [2.45, 2.75) is 13.0 Å². The van der Waals surface area contributed by atoms with Gasteiger partial charge >= 0.3 is 0 Å². The number of carbonyl (C=O) groups is 2. The van der Waals surface area contributed by atoms with Gasteiger partial charge in [-0.1, -0.05) is 35.5 Å². The van der Waals surface area contributed by atoms with Crippen LogP contribution >= 0.6 is 11.8 Å². The van der Waals surface area contributed by atoms with Crippen LogP contribution in [0.2, 0.25) is 0 Å². The van der Waals surface area contributed by atoms with Crippen LogP contribution in [-0.4, -0.2) is 76.1 Å². The molecule has 2 aliphatic rings. The Balaban J connectivity index is 1.41. The molecular formula is C25H26N4O5S. The van der Waals surface area contributed by atoms with Crippen LogP contribution < -0.4 is 10.3 Å². The number of methoxy groups -OCH3 is 1. The molecule has 0 unspecified atom stereocenters. The zero-order chi connectivity index (χ0) is 24.4. The first-order valence-electron chi connectivity index (χ1n) is 11.6. The summed E-state index contributed by atoms with van der Waals surface area (Å²) in [4.78, 5) is 43.0. The lowest BCUT2D eigenvalue weighted by molar-refractivity contribution is 0.0717. The number of aromatic nitrogens is 2. The zero-order valence-electron chi connectivity index (χ0n) is 19.4. The second-order valence-electron chi connectivity index (χ2n) is 8.41. The van der Waals surface area contributed by atoms with Crippen LogP contribution in [0.15, 0.2) is 51.8 Å². The van der Waals surface area contributed by atoms with E-state index in [1.165, 1.54) is 13.2 Å². The molecule has 3 aromatic rings. The molecule has 9 nitrogen and oxygen atoms in total. The third kappa shape index (κ3) is 4.58. The maximum Gasteiger partial charge on any atom is 0.292 e. The highest BCUT2D eigenvalue weighted by atomic mass is 32.2. The predicted octanol–water partition coefficient (Wildman–Crippen LogP) is 2.40. The molecule has 1 fully saturated rings. The van der Waals surface area contributed by atoms with E-state index in [4.69, 9.17) is 9.26 Å². The standard InChI is InChI=1S/C25H26N4O5S/c1-33-20-16-22(30)29-10-9-27(8-7-19(29)23(20)25(32)28-11-13-35-14-12-28)24(31)21-15-18(26-34-21)17-5-3-2-4-6-17/h2-6,15-16H,7-14H2,1H3. The van der Waals surface area contributed by atoms with E-state index >= 15 is 0 Å². The van der Waals surface area contributed by atoms with Crippen molar-refractivity contribution in [2.75, 3.05) is 44.8 Å². The fourth-order valence-corrected chi connectivity index (χ4v) is 5.45. The van der Waals surface area contributed by atoms with E-state index in [9.17, 15) is 14.4 Å². The fourth-order valence-electron chi connectivity index (χ4n) is 4.55. The molecule has 0 radical (unpaired) electrons. The Morgan fingerprint density at radius 2 is 1.71 bits per heavy atom. The molecule has 0 bridgehead atoms. The molecular weight excluding hydrogens is 468 g/mol. The fraction of sp³-hybridized carbons (Fsp3) is 0.360. The van der Waals surface area contributed by atoms with Crippen molar-refractivity contribution in [1.29, 1.82) is 0 Å². The quantitative estimate of drug-likeness (QED) is 0.549. The molecule has 35 heavy (non-hydrogen) atoms. The number of amides is 2. The molecule has 0 atom stereocenters. The maximum absolute atomic E-state index is 13.5. The van der Waals surface area contributed by atoms with Gasteiger partial charge in [-0.05, 0) is 0 Å². The number of ether oxygens (including phenoxy) is 1. The first-order valence-corrected chi connectivity index (χ1v) is 12.7. The number of nitrogens with zero attached hydrogens (tertiary/aromatic N) is 4. The highest BCUT2D eigenvalue weighted by Gasteiger charge is 2.30. The summed E-state index contributed by atoms with van der Waals surface area (Å²) in [6.45, 7) is 2.24. The van der Waals surface area contributed by atoms with Gasteiger partial charge in [0.05, 0.1) is 7.11 Å². The summed E-state index contributed by atoms with van der Waals surface area (Å²) in [6.07, 6.45) is 0.349. The predicted molar refractivity (Wildman–Crippen MR) is 132 cm³/mol. The Hall–Kier alpha value is -3.53. The van der Waals surface area contributed by atoms with Crippen LogP contribution in [0, 0.1) is 0 Å². The number of rotatable bonds is 4. The molecule has 1 saturated heterocycles. The Labute approximate surface area is 206 Å². The van der Waals surface area contributed by atoms with Crippen LogP contribution in [0.1, 0.15) is 26.6 Å². The van der Waals surface area contributed by atoms with Gasteiger partial charge in [0.2, 0.25) is 5.76 Å². The largest absolute Gasteiger partial charge is 0.496 e. The van der Waals surface area contributed by atoms with Crippen LogP contribution in [-0.2, 0) is 13.0 Å². The Bertz CT molecular complexity index is 1300. The van der Waals surface area contributed by atoms with Crippen LogP contribution in [0.3, 0.4) is 0 Å². The van der Waals surface area contributed by atoms with Gasteiger partial charge in [-0.15, -0.1) is 0 Å². The molecule has 0 saturated carbocycles. The molecule has 0 aliphatic carbocycles. The van der Waals surface area contributed by atoms with Crippen molar-refractivity contribution in [2.24, 2.45) is 0 Å². The molecule has 1 aromatic carbocycles. The SMILES string of the molecule is COc1cc(=O)n2c(c1C(=O)N1CCSCC1)CCN(C(=O)c1cc(-c3ccccc3)no1)CC2. The smallest absolute Gasteiger partial charge is 0.292 e. The van der Waals surface area contributed by atoms with Crippen molar-refractivity contribution in [3.8, 4) is 17.0 Å². The third-order valence-electron chi connectivity index (χ3n) is 6.40. The van der Waals surface area contributed by atoms with Crippen molar-refractivity contribution in [1.82, 2.24) is 19.5 Å². The first-order chi connectivity index (χ1) is 17.1. The van der Waals surface area contributed by atoms with Gasteiger partial charge in [0.1, 0.15) is 17.0 Å². The third-order valence-corrected chi connectivity index (χ3v) is 7.35. The van der Waals surface area contributed by atoms with E-state index in [1.54, 1.807) is 15.5 Å². The molecule has 0 N–H and O–H groups in total. The van der Waals surface area contributed by atoms with E-state index < -0.39 is 0 Å². The number of fused-ring (bicyclic) bond motifs is 1. The van der Waals surface area contributed by atoms with Gasteiger partial charge < -0.3 is 23.6 Å². The second kappa shape index (κ2) is 9.99. The number of carbonyl (C=O) groups excluding carboxylic acids is 2. The van der Waals surface area contributed by atoms with Gasteiger partial charge in [-0.3, -0.25) is 14.4 Å². The molecule has 5 rings (SSSR count). The van der Waals surface area contributed by atoms with E-state index in [0.29, 0.717) is 49.6 Å². The molecule has 4 heterocycles. The average Bonchev–Trinajstić information content (AvgIpc) is 3.29. The number of pyridine rings is 1. The average molecular weight is 495 g/mol. The van der Waals surface area contributed by atoms with Gasteiger partial charge in [0.25, 0.3) is 17.4 Å². The summed E-state index contributed by atoms with van der Waals surface area (Å²) in [6, 6.07) is 12.5. The van der Waals surface area contributed by atoms with Gasteiger partial charge in [-0.25, -0.2) is 0 Å². The first kappa shape index (κ1) is 23.2. The topological polar surface area (TPSA) is 97.9 Å². The van der Waals surface area contributed by atoms with Gasteiger partial charge in [0, 0.05) is 74.0 Å². The van der Waals surface area contributed by atoms with Crippen LogP contribution in [0.4, 0.5) is 0 Å². The minimum Gasteiger partial charge on any atom is -0.496 e. The minimum atomic E-state index is -0.298. The summed E-state index contributed by atoms with van der Waals surface area (Å²) >= 11 is 1.82. The monoisotopic (exact) mass is 494 g/mol. The summed E-state index contributed by atoms with van der Waals surface area (Å²) in [5.74, 6) is 1.76. The van der Waals surface area contributed by atoms with Crippen LogP contribution in [0.25, 0.3) is 11.3 Å². The lowest BCUT2D eigenvalue weighted by Crippen LogP contribution is -2.39. The van der Waals surface area contributed by atoms with Crippen molar-refractivity contribution < 1.29 is 18.8 Å². The molecule has 182 valence electrons. The van der Waals surface area contributed by atoms with Gasteiger partial charge in [-0.2, -0.15) is 11.8 Å².